The summed E-state index contributed by atoms with van der Waals surface area (Å²) in [6.45, 7) is 3.14. The van der Waals surface area contributed by atoms with E-state index in [9.17, 15) is 13.6 Å². The van der Waals surface area contributed by atoms with Gasteiger partial charge in [0.15, 0.2) is 0 Å². The van der Waals surface area contributed by atoms with E-state index in [0.717, 1.165) is 6.42 Å². The fourth-order valence-corrected chi connectivity index (χ4v) is 2.38. The molecule has 0 atom stereocenters. The van der Waals surface area contributed by atoms with E-state index in [-0.39, 0.29) is 25.5 Å². The van der Waals surface area contributed by atoms with Crippen LogP contribution in [0.4, 0.5) is 8.78 Å². The minimum Gasteiger partial charge on any atom is -0.361 e. The predicted molar refractivity (Wildman–Crippen MR) is 49.4 cm³/mol. The summed E-state index contributed by atoms with van der Waals surface area (Å²) < 4.78 is 30.7. The third-order valence-corrected chi connectivity index (χ3v) is 3.06. The zero-order valence-electron chi connectivity index (χ0n) is 8.76. The van der Waals surface area contributed by atoms with Gasteiger partial charge >= 0.3 is 0 Å². The lowest BCUT2D eigenvalue weighted by molar-refractivity contribution is -0.189. The third kappa shape index (κ3) is 1.97. The van der Waals surface area contributed by atoms with Gasteiger partial charge in [0.25, 0.3) is 0 Å². The summed E-state index contributed by atoms with van der Waals surface area (Å²) in [5, 5.41) is 0. The second-order valence-electron chi connectivity index (χ2n) is 4.73. The summed E-state index contributed by atoms with van der Waals surface area (Å²) in [5.41, 5.74) is -0.871. The minimum atomic E-state index is -2.65. The van der Waals surface area contributed by atoms with Crippen LogP contribution in [-0.4, -0.2) is 36.6 Å². The van der Waals surface area contributed by atoms with Gasteiger partial charge in [0.1, 0.15) is 6.73 Å². The molecule has 0 aromatic rings. The Balaban J connectivity index is 1.96. The average molecular weight is 219 g/mol. The average Bonchev–Trinajstić information content (AvgIpc) is 2.15. The van der Waals surface area contributed by atoms with Crippen LogP contribution in [0.3, 0.4) is 0 Å². The first-order chi connectivity index (χ1) is 6.93. The molecule has 1 saturated heterocycles. The van der Waals surface area contributed by atoms with Crippen molar-refractivity contribution < 1.29 is 18.3 Å². The van der Waals surface area contributed by atoms with Crippen molar-refractivity contribution in [1.82, 2.24) is 4.90 Å². The smallest absolute Gasteiger partial charge is 0.250 e. The van der Waals surface area contributed by atoms with Crippen LogP contribution in [0.2, 0.25) is 0 Å². The van der Waals surface area contributed by atoms with Gasteiger partial charge < -0.3 is 9.64 Å². The molecule has 86 valence electrons. The first-order valence-corrected chi connectivity index (χ1v) is 5.18. The fraction of sp³-hybridized carbons (Fsp3) is 0.900. The summed E-state index contributed by atoms with van der Waals surface area (Å²) in [6.07, 6.45) is 0.142. The molecule has 0 bridgehead atoms. The first-order valence-electron chi connectivity index (χ1n) is 5.18. The normalized spacial score (nSPS) is 28.3. The van der Waals surface area contributed by atoms with E-state index in [4.69, 9.17) is 4.74 Å². The van der Waals surface area contributed by atoms with Gasteiger partial charge in [-0.15, -0.1) is 0 Å². The zero-order valence-corrected chi connectivity index (χ0v) is 8.76. The van der Waals surface area contributed by atoms with Crippen LogP contribution in [0.1, 0.15) is 26.2 Å². The van der Waals surface area contributed by atoms with Crippen molar-refractivity contribution in [2.45, 2.75) is 32.1 Å². The second kappa shape index (κ2) is 3.40. The Morgan fingerprint density at radius 2 is 2.07 bits per heavy atom. The van der Waals surface area contributed by atoms with Crippen LogP contribution < -0.4 is 0 Å². The molecule has 1 heterocycles. The Morgan fingerprint density at radius 1 is 1.40 bits per heavy atom. The van der Waals surface area contributed by atoms with Crippen molar-refractivity contribution >= 4 is 5.91 Å². The third-order valence-electron chi connectivity index (χ3n) is 3.06. The molecule has 1 aliphatic carbocycles. The Hall–Kier alpha value is -0.710. The lowest BCUT2D eigenvalue weighted by Gasteiger charge is -2.46. The number of halogens is 2. The molecule has 15 heavy (non-hydrogen) atoms. The maximum Gasteiger partial charge on any atom is 0.250 e. The Bertz CT molecular complexity index is 267. The van der Waals surface area contributed by atoms with Crippen molar-refractivity contribution in [1.29, 1.82) is 0 Å². The topological polar surface area (TPSA) is 29.5 Å². The maximum absolute atomic E-state index is 12.8. The van der Waals surface area contributed by atoms with Gasteiger partial charge in [0.2, 0.25) is 11.8 Å². The first kappa shape index (κ1) is 10.8. The molecule has 0 spiro atoms. The molecule has 2 fully saturated rings. The molecule has 0 unspecified atom stereocenters. The number of alkyl halides is 2. The highest BCUT2D eigenvalue weighted by Crippen LogP contribution is 2.52. The Labute approximate surface area is 87.4 Å². The van der Waals surface area contributed by atoms with Gasteiger partial charge in [-0.3, -0.25) is 4.79 Å². The summed E-state index contributed by atoms with van der Waals surface area (Å²) in [6, 6.07) is 0. The van der Waals surface area contributed by atoms with Gasteiger partial charge in [0.05, 0.1) is 12.0 Å². The van der Waals surface area contributed by atoms with Crippen LogP contribution in [0.5, 0.6) is 0 Å². The lowest BCUT2D eigenvalue weighted by Crippen LogP contribution is -2.55. The van der Waals surface area contributed by atoms with E-state index in [0.29, 0.717) is 13.2 Å². The summed E-state index contributed by atoms with van der Waals surface area (Å²) in [5.74, 6) is -2.84. The van der Waals surface area contributed by atoms with Gasteiger partial charge in [-0.1, -0.05) is 6.92 Å². The Morgan fingerprint density at radius 3 is 2.53 bits per heavy atom. The van der Waals surface area contributed by atoms with E-state index >= 15 is 0 Å². The highest BCUT2D eigenvalue weighted by molar-refractivity contribution is 5.83. The Kier molecular flexibility index (Phi) is 2.45. The summed E-state index contributed by atoms with van der Waals surface area (Å²) >= 11 is 0. The number of ether oxygens (including phenoxy) is 1. The zero-order chi connectivity index (χ0) is 11.1. The SMILES string of the molecule is CC1(C(=O)N2CCCOC2)CC(F)(F)C1. The molecule has 2 rings (SSSR count). The largest absolute Gasteiger partial charge is 0.361 e. The van der Waals surface area contributed by atoms with Gasteiger partial charge in [-0.25, -0.2) is 8.78 Å². The molecule has 0 aromatic heterocycles. The van der Waals surface area contributed by atoms with E-state index < -0.39 is 11.3 Å². The molecular weight excluding hydrogens is 204 g/mol. The molecule has 5 heteroatoms. The fourth-order valence-electron chi connectivity index (χ4n) is 2.38. The van der Waals surface area contributed by atoms with Crippen LogP contribution in [0.15, 0.2) is 0 Å². The predicted octanol–water partition coefficient (Wildman–Crippen LogP) is 1.63. The maximum atomic E-state index is 12.8. The van der Waals surface area contributed by atoms with Crippen LogP contribution in [-0.2, 0) is 9.53 Å². The molecule has 0 radical (unpaired) electrons. The minimum absolute atomic E-state index is 0.187. The number of carbonyl (C=O) groups is 1. The lowest BCUT2D eigenvalue weighted by atomic mass is 9.66. The van der Waals surface area contributed by atoms with Gasteiger partial charge in [-0.2, -0.15) is 0 Å². The quantitative estimate of drug-likeness (QED) is 0.670. The van der Waals surface area contributed by atoms with Gasteiger partial charge in [-0.05, 0) is 6.42 Å². The van der Waals surface area contributed by atoms with E-state index in [1.807, 2.05) is 0 Å². The highest BCUT2D eigenvalue weighted by atomic mass is 19.3. The van der Waals surface area contributed by atoms with E-state index in [1.165, 1.54) is 0 Å². The molecule has 0 aromatic carbocycles. The van der Waals surface area contributed by atoms with Crippen LogP contribution in [0, 0.1) is 5.41 Å². The van der Waals surface area contributed by atoms with Crippen LogP contribution >= 0.6 is 0 Å². The molecule has 1 saturated carbocycles. The number of amides is 1. The van der Waals surface area contributed by atoms with Crippen molar-refractivity contribution in [2.75, 3.05) is 19.9 Å². The van der Waals surface area contributed by atoms with Crippen LogP contribution in [0.25, 0.3) is 0 Å². The number of rotatable bonds is 1. The highest BCUT2D eigenvalue weighted by Gasteiger charge is 2.58. The summed E-state index contributed by atoms with van der Waals surface area (Å²) in [4.78, 5) is 13.4. The standard InChI is InChI=1S/C10H15F2NO2/c1-9(5-10(11,12)6-9)8(14)13-3-2-4-15-7-13/h2-7H2,1H3. The molecule has 1 aliphatic heterocycles. The molecule has 0 N–H and O–H groups in total. The molecule has 1 amide bonds. The summed E-state index contributed by atoms with van der Waals surface area (Å²) in [7, 11) is 0. The number of hydrogen-bond acceptors (Lipinski definition) is 2. The van der Waals surface area contributed by atoms with E-state index in [2.05, 4.69) is 0 Å². The number of carbonyl (C=O) groups excluding carboxylic acids is 1. The molecular formula is C10H15F2NO2. The monoisotopic (exact) mass is 219 g/mol. The van der Waals surface area contributed by atoms with Crippen molar-refractivity contribution in [3.8, 4) is 0 Å². The van der Waals surface area contributed by atoms with Crippen molar-refractivity contribution in [2.24, 2.45) is 5.41 Å². The molecule has 2 aliphatic rings. The van der Waals surface area contributed by atoms with Crippen molar-refractivity contribution in [3.63, 3.8) is 0 Å². The second-order valence-corrected chi connectivity index (χ2v) is 4.73. The van der Waals surface area contributed by atoms with Gasteiger partial charge in [0, 0.05) is 19.4 Å². The van der Waals surface area contributed by atoms with E-state index in [1.54, 1.807) is 11.8 Å². The number of hydrogen-bond donors (Lipinski definition) is 0. The number of nitrogens with zero attached hydrogens (tertiary/aromatic N) is 1. The molecule has 3 nitrogen and oxygen atoms in total. The van der Waals surface area contributed by atoms with Crippen molar-refractivity contribution in [3.05, 3.63) is 0 Å².